The van der Waals surface area contributed by atoms with E-state index in [4.69, 9.17) is 9.47 Å². The highest BCUT2D eigenvalue weighted by atomic mass is 16.6. The molecule has 52 heavy (non-hydrogen) atoms. The number of fused-ring (bicyclic) bond motifs is 2. The van der Waals surface area contributed by atoms with E-state index in [1.807, 2.05) is 42.5 Å². The summed E-state index contributed by atoms with van der Waals surface area (Å²) in [6, 6.07) is 6.79. The molecule has 6 amide bonds. The van der Waals surface area contributed by atoms with Crippen molar-refractivity contribution in [2.45, 2.75) is 120 Å². The molecule has 6 atom stereocenters. The Morgan fingerprint density at radius 3 is 2.48 bits per heavy atom. The number of nitrogens with one attached hydrogen (secondary N) is 3. The van der Waals surface area contributed by atoms with Crippen LogP contribution in [0, 0.1) is 5.92 Å². The maximum Gasteiger partial charge on any atom is 0.409 e. The first-order chi connectivity index (χ1) is 24.7. The Morgan fingerprint density at radius 2 is 1.77 bits per heavy atom. The second kappa shape index (κ2) is 16.4. The lowest BCUT2D eigenvalue weighted by atomic mass is 10.0. The zero-order chi connectivity index (χ0) is 37.6. The van der Waals surface area contributed by atoms with Gasteiger partial charge >= 0.3 is 12.2 Å². The van der Waals surface area contributed by atoms with Gasteiger partial charge in [-0.15, -0.1) is 0 Å². The van der Waals surface area contributed by atoms with E-state index in [1.54, 1.807) is 39.8 Å². The molecule has 3 N–H and O–H groups in total. The summed E-state index contributed by atoms with van der Waals surface area (Å²) in [7, 11) is 3.08. The van der Waals surface area contributed by atoms with Gasteiger partial charge in [-0.3, -0.25) is 19.2 Å². The number of amides is 6. The maximum absolute atomic E-state index is 14.5. The normalized spacial score (nSPS) is 28.0. The second-order valence-corrected chi connectivity index (χ2v) is 15.5. The van der Waals surface area contributed by atoms with E-state index in [2.05, 4.69) is 16.0 Å². The van der Waals surface area contributed by atoms with Crippen molar-refractivity contribution in [3.05, 3.63) is 48.0 Å². The summed E-state index contributed by atoms with van der Waals surface area (Å²) in [4.78, 5) is 86.2. The Bertz CT molecular complexity index is 1530. The van der Waals surface area contributed by atoms with Crippen molar-refractivity contribution in [3.8, 4) is 0 Å². The van der Waals surface area contributed by atoms with Crippen LogP contribution in [0.25, 0.3) is 0 Å². The van der Waals surface area contributed by atoms with Gasteiger partial charge in [0.15, 0.2) is 0 Å². The molecule has 1 aromatic carbocycles. The minimum Gasteiger partial charge on any atom is -0.444 e. The van der Waals surface area contributed by atoms with Gasteiger partial charge in [0.25, 0.3) is 0 Å². The van der Waals surface area contributed by atoms with Crippen molar-refractivity contribution in [2.75, 3.05) is 27.2 Å². The summed E-state index contributed by atoms with van der Waals surface area (Å²) in [5.41, 5.74) is -1.14. The number of carbonyl (C=O) groups is 6. The average Bonchev–Trinajstić information content (AvgIpc) is 3.38. The van der Waals surface area contributed by atoms with Crippen LogP contribution in [0.1, 0.15) is 84.1 Å². The first kappa shape index (κ1) is 38.6. The first-order valence-corrected chi connectivity index (χ1v) is 18.5. The van der Waals surface area contributed by atoms with Crippen LogP contribution >= 0.6 is 0 Å². The number of rotatable bonds is 6. The fraction of sp³-hybridized carbons (Fsp3) is 0.632. The summed E-state index contributed by atoms with van der Waals surface area (Å²) in [5.74, 6) is -1.92. The zero-order valence-electron chi connectivity index (χ0n) is 31.0. The van der Waals surface area contributed by atoms with Gasteiger partial charge in [-0.1, -0.05) is 55.3 Å². The van der Waals surface area contributed by atoms with Crippen LogP contribution < -0.4 is 16.0 Å². The topological polar surface area (TPSA) is 167 Å². The largest absolute Gasteiger partial charge is 0.444 e. The molecule has 0 aromatic heterocycles. The molecular weight excluding hydrogens is 668 g/mol. The molecule has 5 rings (SSSR count). The van der Waals surface area contributed by atoms with Crippen LogP contribution in [0.2, 0.25) is 0 Å². The molecular formula is C38H54N6O8. The van der Waals surface area contributed by atoms with Crippen molar-refractivity contribution in [2.24, 2.45) is 5.92 Å². The molecule has 1 saturated carbocycles. The monoisotopic (exact) mass is 722 g/mol. The van der Waals surface area contributed by atoms with Gasteiger partial charge in [0.05, 0.1) is 6.54 Å². The number of benzene rings is 1. The third-order valence-corrected chi connectivity index (χ3v) is 10.1. The number of likely N-dealkylation sites (tertiary alicyclic amines) is 1. The number of hydrogen-bond donors (Lipinski definition) is 3. The average molecular weight is 723 g/mol. The van der Waals surface area contributed by atoms with Crippen molar-refractivity contribution in [3.63, 3.8) is 0 Å². The molecule has 1 aromatic rings. The predicted molar refractivity (Wildman–Crippen MR) is 191 cm³/mol. The third kappa shape index (κ3) is 9.43. The quantitative estimate of drug-likeness (QED) is 0.377. The molecule has 14 heteroatoms. The Kier molecular flexibility index (Phi) is 12.2. The molecule has 0 unspecified atom stereocenters. The Morgan fingerprint density at radius 1 is 1.02 bits per heavy atom. The molecule has 284 valence electrons. The third-order valence-electron chi connectivity index (χ3n) is 10.1. The van der Waals surface area contributed by atoms with Gasteiger partial charge in [-0.2, -0.15) is 0 Å². The van der Waals surface area contributed by atoms with E-state index < -0.39 is 59.4 Å². The fourth-order valence-electron chi connectivity index (χ4n) is 7.29. The number of alkyl carbamates (subject to hydrolysis) is 1. The van der Waals surface area contributed by atoms with Crippen molar-refractivity contribution in [1.82, 2.24) is 30.7 Å². The fourth-order valence-corrected chi connectivity index (χ4v) is 7.29. The van der Waals surface area contributed by atoms with Gasteiger partial charge in [0, 0.05) is 39.5 Å². The molecule has 1 aliphatic carbocycles. The molecule has 0 bridgehead atoms. The summed E-state index contributed by atoms with van der Waals surface area (Å²) in [6.07, 6.45) is 6.68. The van der Waals surface area contributed by atoms with Gasteiger partial charge in [0.1, 0.15) is 35.4 Å². The molecule has 4 aliphatic rings. The van der Waals surface area contributed by atoms with Gasteiger partial charge in [-0.05, 0) is 64.9 Å². The van der Waals surface area contributed by atoms with Gasteiger partial charge in [0.2, 0.25) is 23.6 Å². The lowest BCUT2D eigenvalue weighted by Crippen LogP contribution is -2.59. The number of hydrogen-bond acceptors (Lipinski definition) is 8. The summed E-state index contributed by atoms with van der Waals surface area (Å²) >= 11 is 0. The standard InChI is InChI=1S/C38H54N6O8/c1-37(2,3)52-35(49)40-28-18-13-8-6-7-12-17-26-22-38(26,41-32(46)30-21-27(24-44(30)33(28)47)51-36(50)42(4)5)34(48)43-20-14-19-29(43)31(45)39-23-25-15-10-9-11-16-25/h9-12,15-17,26-30H,6-8,13-14,18-24H2,1-5H3,(H,39,45)(H,40,49)(H,41,46)/t26-,27-,28+,29+,30+,38-/m1/s1. The minimum atomic E-state index is -1.29. The molecule has 3 aliphatic heterocycles. The predicted octanol–water partition coefficient (Wildman–Crippen LogP) is 3.25. The minimum absolute atomic E-state index is 0.00924. The van der Waals surface area contributed by atoms with Gasteiger partial charge in [-0.25, -0.2) is 9.59 Å². The van der Waals surface area contributed by atoms with Crippen LogP contribution in [0.15, 0.2) is 42.5 Å². The van der Waals surface area contributed by atoms with E-state index >= 15 is 0 Å². The van der Waals surface area contributed by atoms with Crippen molar-refractivity contribution in [1.29, 1.82) is 0 Å². The number of ether oxygens (including phenoxy) is 2. The van der Waals surface area contributed by atoms with Crippen LogP contribution in [0.3, 0.4) is 0 Å². The van der Waals surface area contributed by atoms with Crippen molar-refractivity contribution < 1.29 is 38.2 Å². The Hall–Kier alpha value is -4.62. The van der Waals surface area contributed by atoms with Crippen LogP contribution in [0.5, 0.6) is 0 Å². The van der Waals surface area contributed by atoms with Crippen LogP contribution in [0.4, 0.5) is 9.59 Å². The summed E-state index contributed by atoms with van der Waals surface area (Å²) in [5, 5.41) is 8.73. The molecule has 0 radical (unpaired) electrons. The number of carbonyl (C=O) groups excluding carboxylic acids is 6. The lowest BCUT2D eigenvalue weighted by molar-refractivity contribution is -0.145. The molecule has 3 fully saturated rings. The smallest absolute Gasteiger partial charge is 0.409 e. The highest BCUT2D eigenvalue weighted by molar-refractivity contribution is 6.00. The summed E-state index contributed by atoms with van der Waals surface area (Å²) in [6.45, 7) is 5.83. The van der Waals surface area contributed by atoms with E-state index in [0.29, 0.717) is 45.2 Å². The first-order valence-electron chi connectivity index (χ1n) is 18.5. The van der Waals surface area contributed by atoms with Crippen LogP contribution in [-0.2, 0) is 35.2 Å². The SMILES string of the molecule is CN(C)C(=O)O[C@@H]1C[C@H]2C(=O)N[C@]3(C(=O)N4CCC[C@H]4C(=O)NCc4ccccc4)C[C@H]3C=CCCCCC[C@H](NC(=O)OC(C)(C)C)C(=O)N2C1. The van der Waals surface area contributed by atoms with E-state index in [0.717, 1.165) is 24.8 Å². The van der Waals surface area contributed by atoms with Crippen LogP contribution in [-0.4, -0.2) is 113 Å². The summed E-state index contributed by atoms with van der Waals surface area (Å²) < 4.78 is 11.1. The van der Waals surface area contributed by atoms with E-state index in [-0.39, 0.29) is 30.7 Å². The Labute approximate surface area is 306 Å². The van der Waals surface area contributed by atoms with E-state index in [1.165, 1.54) is 9.80 Å². The molecule has 0 spiro atoms. The van der Waals surface area contributed by atoms with Crippen molar-refractivity contribution >= 4 is 35.8 Å². The molecule has 3 heterocycles. The molecule has 14 nitrogen and oxygen atoms in total. The Balaban J connectivity index is 1.39. The number of allylic oxidation sites excluding steroid dienone is 1. The zero-order valence-corrected chi connectivity index (χ0v) is 31.0. The molecule has 2 saturated heterocycles. The highest BCUT2D eigenvalue weighted by Gasteiger charge is 2.63. The van der Waals surface area contributed by atoms with Gasteiger partial charge < -0.3 is 40.1 Å². The number of nitrogens with zero attached hydrogens (tertiary/aromatic N) is 3. The maximum atomic E-state index is 14.5. The van der Waals surface area contributed by atoms with E-state index in [9.17, 15) is 28.8 Å². The lowest BCUT2D eigenvalue weighted by Gasteiger charge is -2.32. The highest BCUT2D eigenvalue weighted by Crippen LogP contribution is 2.47. The second-order valence-electron chi connectivity index (χ2n) is 15.5.